The summed E-state index contributed by atoms with van der Waals surface area (Å²) in [5, 5.41) is 50.2. The van der Waals surface area contributed by atoms with E-state index in [-0.39, 0.29) is 12.8 Å². The van der Waals surface area contributed by atoms with E-state index in [1.54, 1.807) is 6.92 Å². The van der Waals surface area contributed by atoms with Crippen LogP contribution in [0.15, 0.2) is 0 Å². The second-order valence-corrected chi connectivity index (χ2v) is 9.29. The fourth-order valence-electron chi connectivity index (χ4n) is 6.26. The van der Waals surface area contributed by atoms with Crippen LogP contribution in [0.5, 0.6) is 0 Å². The van der Waals surface area contributed by atoms with Crippen LogP contribution in [0.4, 0.5) is 0 Å². The smallest absolute Gasteiger partial charge is 0.304 e. The summed E-state index contributed by atoms with van der Waals surface area (Å²) in [6.07, 6.45) is -8.06. The van der Waals surface area contributed by atoms with Crippen LogP contribution in [0.1, 0.15) is 19.8 Å². The molecular formula is C16H24O12S. The van der Waals surface area contributed by atoms with Crippen molar-refractivity contribution < 1.29 is 57.4 Å². The lowest BCUT2D eigenvalue weighted by molar-refractivity contribution is -0.419. The normalized spacial score (nSPS) is 61.0. The van der Waals surface area contributed by atoms with Gasteiger partial charge in [-0.25, -0.2) is 4.18 Å². The molecule has 6 bridgehead atoms. The highest BCUT2D eigenvalue weighted by molar-refractivity contribution is 7.74. The largest absolute Gasteiger partial charge is 0.395 e. The quantitative estimate of drug-likeness (QED) is 0.230. The highest BCUT2D eigenvalue weighted by Crippen LogP contribution is 2.82. The Bertz CT molecular complexity index is 737. The summed E-state index contributed by atoms with van der Waals surface area (Å²) in [6.45, 7) is 0.639. The van der Waals surface area contributed by atoms with Crippen molar-refractivity contribution in [3.8, 4) is 0 Å². The molecule has 7 aliphatic rings. The summed E-state index contributed by atoms with van der Waals surface area (Å²) >= 11 is -2.60. The van der Waals surface area contributed by atoms with E-state index in [4.69, 9.17) is 23.1 Å². The van der Waals surface area contributed by atoms with Gasteiger partial charge in [0.25, 0.3) is 0 Å². The molecule has 6 N–H and O–H groups in total. The number of aliphatic hydroxyl groups excluding tert-OH is 5. The van der Waals surface area contributed by atoms with E-state index in [0.29, 0.717) is 0 Å². The topological polar surface area (TPSA) is 185 Å². The lowest BCUT2D eigenvalue weighted by Gasteiger charge is -2.68. The van der Waals surface area contributed by atoms with E-state index < -0.39 is 89.9 Å². The SMILES string of the molecule is C[C@@]12C[C@@]3(OS(=O)O)O[C@@H](O1)[C@]1(CO)[C@H]3C[C@@]12O[C@@H]1O[C@H](CO)[C@@H](O)[C@H](O)[C@H]1O. The first kappa shape index (κ1) is 20.6. The summed E-state index contributed by atoms with van der Waals surface area (Å²) < 4.78 is 49.3. The minimum absolute atomic E-state index is 0.0344. The lowest BCUT2D eigenvalue weighted by atomic mass is 9.41. The number of aliphatic hydroxyl groups is 5. The number of ether oxygens (including phenoxy) is 4. The van der Waals surface area contributed by atoms with Crippen molar-refractivity contribution in [1.82, 2.24) is 0 Å². The molecule has 7 rings (SSSR count). The molecule has 12 nitrogen and oxygen atoms in total. The maximum absolute atomic E-state index is 11.4. The second-order valence-electron chi connectivity index (χ2n) is 8.68. The van der Waals surface area contributed by atoms with Gasteiger partial charge in [-0.3, -0.25) is 4.55 Å². The van der Waals surface area contributed by atoms with Gasteiger partial charge in [0.2, 0.25) is 0 Å². The van der Waals surface area contributed by atoms with Gasteiger partial charge in [0.15, 0.2) is 18.4 Å². The Balaban J connectivity index is 1.49. The first-order chi connectivity index (χ1) is 13.6. The van der Waals surface area contributed by atoms with Crippen molar-refractivity contribution in [1.29, 1.82) is 0 Å². The summed E-state index contributed by atoms with van der Waals surface area (Å²) in [5.41, 5.74) is -3.47. The fraction of sp³-hybridized carbons (Fsp3) is 1.00. The Morgan fingerprint density at radius 1 is 1.14 bits per heavy atom. The van der Waals surface area contributed by atoms with Crippen LogP contribution in [0.2, 0.25) is 0 Å². The van der Waals surface area contributed by atoms with Gasteiger partial charge in [-0.05, 0) is 13.3 Å². The molecule has 166 valence electrons. The average molecular weight is 440 g/mol. The molecule has 0 aromatic rings. The van der Waals surface area contributed by atoms with E-state index >= 15 is 0 Å². The van der Waals surface area contributed by atoms with Gasteiger partial charge in [-0.1, -0.05) is 0 Å². The highest BCUT2D eigenvalue weighted by atomic mass is 32.2. The van der Waals surface area contributed by atoms with Gasteiger partial charge in [0.1, 0.15) is 35.6 Å². The van der Waals surface area contributed by atoms with Crippen molar-refractivity contribution in [2.75, 3.05) is 13.2 Å². The third-order valence-electron chi connectivity index (χ3n) is 7.57. The van der Waals surface area contributed by atoms with Crippen LogP contribution < -0.4 is 0 Å². The van der Waals surface area contributed by atoms with Gasteiger partial charge >= 0.3 is 11.4 Å². The molecule has 0 aromatic carbocycles. The highest BCUT2D eigenvalue weighted by Gasteiger charge is 2.95. The molecule has 0 spiro atoms. The molecule has 4 heterocycles. The van der Waals surface area contributed by atoms with Gasteiger partial charge in [-0.15, -0.1) is 0 Å². The number of hydrogen-bond donors (Lipinski definition) is 6. The van der Waals surface area contributed by atoms with E-state index in [1.807, 2.05) is 0 Å². The van der Waals surface area contributed by atoms with Crippen LogP contribution in [-0.2, 0) is 34.5 Å². The second kappa shape index (κ2) is 6.15. The molecule has 1 unspecified atom stereocenters. The molecule has 0 amide bonds. The molecular weight excluding hydrogens is 416 g/mol. The molecule has 29 heavy (non-hydrogen) atoms. The average Bonchev–Trinajstić information content (AvgIpc) is 2.84. The van der Waals surface area contributed by atoms with Crippen molar-refractivity contribution in [3.05, 3.63) is 0 Å². The van der Waals surface area contributed by atoms with Gasteiger partial charge in [0.05, 0.1) is 18.6 Å². The lowest BCUT2D eigenvalue weighted by Crippen LogP contribution is -2.81. The Labute approximate surface area is 167 Å². The van der Waals surface area contributed by atoms with E-state index in [0.717, 1.165) is 0 Å². The van der Waals surface area contributed by atoms with Crippen LogP contribution in [-0.4, -0.2) is 101 Å². The Morgan fingerprint density at radius 2 is 1.86 bits per heavy atom. The Hall–Kier alpha value is -0.290. The predicted octanol–water partition coefficient (Wildman–Crippen LogP) is -3.06. The van der Waals surface area contributed by atoms with Crippen LogP contribution >= 0.6 is 0 Å². The van der Waals surface area contributed by atoms with Crippen molar-refractivity contribution in [2.24, 2.45) is 11.3 Å². The van der Waals surface area contributed by atoms with Crippen molar-refractivity contribution in [2.45, 2.75) is 73.8 Å². The summed E-state index contributed by atoms with van der Waals surface area (Å²) in [6, 6.07) is 0. The van der Waals surface area contributed by atoms with E-state index in [9.17, 15) is 34.3 Å². The van der Waals surface area contributed by atoms with Gasteiger partial charge in [-0.2, -0.15) is 4.21 Å². The molecule has 4 saturated heterocycles. The minimum atomic E-state index is -2.60. The monoisotopic (exact) mass is 440 g/mol. The molecule has 3 saturated carbocycles. The van der Waals surface area contributed by atoms with E-state index in [2.05, 4.69) is 0 Å². The molecule has 0 aromatic heterocycles. The van der Waals surface area contributed by atoms with Crippen molar-refractivity contribution >= 4 is 11.4 Å². The standard InChI is InChI=1S/C16H24O12S/c1-13-4-15(28-29(22)23)7-2-16(13,14(7,5-18)12(26-13)27-15)25-11-10(21)9(20)8(19)6(3-17)24-11/h6-12,17-21H,2-5H2,1H3,(H,22,23)/t6-,7-,8-,9+,10-,11+,12-,13+,14+,15+,16+/m1/s1. The number of rotatable bonds is 6. The van der Waals surface area contributed by atoms with Crippen molar-refractivity contribution in [3.63, 3.8) is 0 Å². The van der Waals surface area contributed by atoms with Crippen LogP contribution in [0, 0.1) is 11.3 Å². The molecule has 3 aliphatic carbocycles. The van der Waals surface area contributed by atoms with Crippen LogP contribution in [0.3, 0.4) is 0 Å². The zero-order valence-electron chi connectivity index (χ0n) is 15.4. The summed E-state index contributed by atoms with van der Waals surface area (Å²) in [7, 11) is 0. The Morgan fingerprint density at radius 3 is 2.48 bits per heavy atom. The molecule has 13 heteroatoms. The molecule has 12 atom stereocenters. The summed E-state index contributed by atoms with van der Waals surface area (Å²) in [5.74, 6) is -1.93. The Kier molecular flexibility index (Phi) is 4.37. The molecule has 7 fully saturated rings. The molecule has 0 radical (unpaired) electrons. The maximum Gasteiger partial charge on any atom is 0.304 e. The minimum Gasteiger partial charge on any atom is -0.395 e. The van der Waals surface area contributed by atoms with Crippen LogP contribution in [0.25, 0.3) is 0 Å². The maximum atomic E-state index is 11.4. The molecule has 4 aliphatic heterocycles. The van der Waals surface area contributed by atoms with Gasteiger partial charge in [0, 0.05) is 12.3 Å². The van der Waals surface area contributed by atoms with E-state index in [1.165, 1.54) is 0 Å². The van der Waals surface area contributed by atoms with Gasteiger partial charge < -0.3 is 44.5 Å². The first-order valence-electron chi connectivity index (χ1n) is 9.35. The summed E-state index contributed by atoms with van der Waals surface area (Å²) in [4.78, 5) is 0. The predicted molar refractivity (Wildman–Crippen MR) is 88.8 cm³/mol. The third kappa shape index (κ3) is 2.18. The third-order valence-corrected chi connectivity index (χ3v) is 7.99. The first-order valence-corrected chi connectivity index (χ1v) is 10.4. The zero-order chi connectivity index (χ0) is 21.0. The zero-order valence-corrected chi connectivity index (χ0v) is 16.2. The number of hydrogen-bond acceptors (Lipinski definition) is 11. The fourth-order valence-corrected chi connectivity index (χ4v) is 6.71.